The lowest BCUT2D eigenvalue weighted by molar-refractivity contribution is 0.200. The molecule has 3 aromatic rings. The third kappa shape index (κ3) is 3.47. The zero-order valence-electron chi connectivity index (χ0n) is 16.8. The molecule has 2 fully saturated rings. The first kappa shape index (κ1) is 19.2. The van der Waals surface area contributed by atoms with Gasteiger partial charge in [-0.3, -0.25) is 4.79 Å². The Morgan fingerprint density at radius 1 is 1.03 bits per heavy atom. The Hall–Kier alpha value is -2.80. The minimum absolute atomic E-state index is 0.0658. The molecule has 2 heterocycles. The van der Waals surface area contributed by atoms with Crippen molar-refractivity contribution in [1.29, 1.82) is 0 Å². The van der Waals surface area contributed by atoms with E-state index < -0.39 is 11.6 Å². The van der Waals surface area contributed by atoms with Gasteiger partial charge in [0.2, 0.25) is 0 Å². The number of hydrogen-bond donors (Lipinski definition) is 1. The number of nitrogens with one attached hydrogen (secondary N) is 1. The lowest BCUT2D eigenvalue weighted by Crippen LogP contribution is -2.35. The van der Waals surface area contributed by atoms with Crippen molar-refractivity contribution in [2.75, 3.05) is 20.2 Å². The van der Waals surface area contributed by atoms with Gasteiger partial charge in [-0.15, -0.1) is 0 Å². The lowest BCUT2D eigenvalue weighted by atomic mass is 9.95. The number of halogens is 2. The van der Waals surface area contributed by atoms with E-state index in [1.165, 1.54) is 38.2 Å². The summed E-state index contributed by atoms with van der Waals surface area (Å²) in [5.74, 6) is -0.328. The molecule has 30 heavy (non-hydrogen) atoms. The van der Waals surface area contributed by atoms with Crippen LogP contribution in [0.4, 0.5) is 8.78 Å². The molecule has 156 valence electrons. The standard InChI is InChI=1S/C23H23F2N3O2/c1-30-20-5-2-14(11-18(20)24)15-10-17-21(19(25)12-15)26-22(27-23(17)29)13-6-8-28(9-7-13)16-3-4-16/h2,5,10-13,16H,3-4,6-9H2,1H3,(H,26,27,29). The third-order valence-corrected chi connectivity index (χ3v) is 6.25. The van der Waals surface area contributed by atoms with Crippen molar-refractivity contribution < 1.29 is 13.5 Å². The lowest BCUT2D eigenvalue weighted by Gasteiger charge is -2.31. The maximum atomic E-state index is 14.9. The fraction of sp³-hybridized carbons (Fsp3) is 0.391. The van der Waals surface area contributed by atoms with E-state index in [1.54, 1.807) is 12.1 Å². The highest BCUT2D eigenvalue weighted by atomic mass is 19.1. The first-order chi connectivity index (χ1) is 14.5. The Morgan fingerprint density at radius 3 is 2.43 bits per heavy atom. The van der Waals surface area contributed by atoms with Gasteiger partial charge >= 0.3 is 0 Å². The number of piperidine rings is 1. The second-order valence-electron chi connectivity index (χ2n) is 8.20. The first-order valence-corrected chi connectivity index (χ1v) is 10.3. The molecule has 1 aromatic heterocycles. The summed E-state index contributed by atoms with van der Waals surface area (Å²) in [6, 6.07) is 7.97. The van der Waals surface area contributed by atoms with E-state index in [2.05, 4.69) is 14.9 Å². The van der Waals surface area contributed by atoms with Gasteiger partial charge in [0.05, 0.1) is 12.5 Å². The summed E-state index contributed by atoms with van der Waals surface area (Å²) < 4.78 is 33.9. The number of nitrogens with zero attached hydrogens (tertiary/aromatic N) is 2. The van der Waals surface area contributed by atoms with Gasteiger partial charge in [-0.1, -0.05) is 6.07 Å². The molecule has 1 aliphatic heterocycles. The SMILES string of the molecule is COc1ccc(-c2cc(F)c3nc(C4CCN(C5CC5)CC4)[nH]c(=O)c3c2)cc1F. The molecule has 1 saturated carbocycles. The third-order valence-electron chi connectivity index (χ3n) is 6.25. The van der Waals surface area contributed by atoms with Gasteiger partial charge in [-0.2, -0.15) is 0 Å². The van der Waals surface area contributed by atoms with E-state index >= 15 is 0 Å². The smallest absolute Gasteiger partial charge is 0.258 e. The highest BCUT2D eigenvalue weighted by molar-refractivity contribution is 5.84. The Kier molecular flexibility index (Phi) is 4.77. The molecule has 0 unspecified atom stereocenters. The number of fused-ring (bicyclic) bond motifs is 1. The molecule has 1 saturated heterocycles. The number of aromatic amines is 1. The number of ether oxygens (including phenoxy) is 1. The van der Waals surface area contributed by atoms with Crippen LogP contribution in [0.5, 0.6) is 5.75 Å². The number of benzene rings is 2. The van der Waals surface area contributed by atoms with Crippen LogP contribution in [-0.4, -0.2) is 41.1 Å². The monoisotopic (exact) mass is 411 g/mol. The van der Waals surface area contributed by atoms with Crippen LogP contribution >= 0.6 is 0 Å². The molecule has 0 atom stereocenters. The molecule has 1 N–H and O–H groups in total. The van der Waals surface area contributed by atoms with Gasteiger partial charge < -0.3 is 14.6 Å². The van der Waals surface area contributed by atoms with Crippen molar-refractivity contribution >= 4 is 10.9 Å². The Bertz CT molecular complexity index is 1170. The summed E-state index contributed by atoms with van der Waals surface area (Å²) in [5, 5.41) is 0.167. The second-order valence-corrected chi connectivity index (χ2v) is 8.20. The van der Waals surface area contributed by atoms with E-state index in [0.717, 1.165) is 32.0 Å². The summed E-state index contributed by atoms with van der Waals surface area (Å²) in [6.07, 6.45) is 4.38. The Labute approximate surface area is 172 Å². The van der Waals surface area contributed by atoms with E-state index in [4.69, 9.17) is 4.74 Å². The maximum absolute atomic E-state index is 14.9. The predicted octanol–water partition coefficient (Wildman–Crippen LogP) is 4.22. The summed E-state index contributed by atoms with van der Waals surface area (Å²) in [7, 11) is 1.38. The number of likely N-dealkylation sites (tertiary alicyclic amines) is 1. The highest BCUT2D eigenvalue weighted by Gasteiger charge is 2.33. The molecule has 2 aliphatic rings. The number of hydrogen-bond acceptors (Lipinski definition) is 4. The van der Waals surface area contributed by atoms with Crippen molar-refractivity contribution in [3.05, 3.63) is 58.1 Å². The van der Waals surface area contributed by atoms with E-state index in [9.17, 15) is 13.6 Å². The van der Waals surface area contributed by atoms with Gasteiger partial charge in [-0.25, -0.2) is 13.8 Å². The Morgan fingerprint density at radius 2 is 1.77 bits per heavy atom. The van der Waals surface area contributed by atoms with Crippen molar-refractivity contribution in [3.63, 3.8) is 0 Å². The van der Waals surface area contributed by atoms with Crippen molar-refractivity contribution in [3.8, 4) is 16.9 Å². The van der Waals surface area contributed by atoms with Gasteiger partial charge in [-0.05, 0) is 74.2 Å². The maximum Gasteiger partial charge on any atom is 0.258 e. The molecular formula is C23H23F2N3O2. The molecule has 0 bridgehead atoms. The molecule has 5 nitrogen and oxygen atoms in total. The minimum Gasteiger partial charge on any atom is -0.494 e. The van der Waals surface area contributed by atoms with E-state index in [-0.39, 0.29) is 28.1 Å². The van der Waals surface area contributed by atoms with E-state index in [1.807, 2.05) is 0 Å². The van der Waals surface area contributed by atoms with E-state index in [0.29, 0.717) is 17.0 Å². The zero-order chi connectivity index (χ0) is 20.8. The van der Waals surface area contributed by atoms with Crippen LogP contribution in [0.3, 0.4) is 0 Å². The van der Waals surface area contributed by atoms with Gasteiger partial charge in [0.15, 0.2) is 11.6 Å². The van der Waals surface area contributed by atoms with Crippen molar-refractivity contribution in [1.82, 2.24) is 14.9 Å². The first-order valence-electron chi connectivity index (χ1n) is 10.3. The van der Waals surface area contributed by atoms with Crippen LogP contribution in [-0.2, 0) is 0 Å². The quantitative estimate of drug-likeness (QED) is 0.699. The minimum atomic E-state index is -0.582. The fourth-order valence-electron chi connectivity index (χ4n) is 4.40. The number of aromatic nitrogens is 2. The summed E-state index contributed by atoms with van der Waals surface area (Å²) in [5.41, 5.74) is 0.579. The molecule has 7 heteroatoms. The second kappa shape index (κ2) is 7.47. The fourth-order valence-corrected chi connectivity index (χ4v) is 4.40. The topological polar surface area (TPSA) is 58.2 Å². The summed E-state index contributed by atoms with van der Waals surface area (Å²) >= 11 is 0. The van der Waals surface area contributed by atoms with Crippen LogP contribution in [0.2, 0.25) is 0 Å². The molecule has 2 aromatic carbocycles. The van der Waals surface area contributed by atoms with Crippen molar-refractivity contribution in [2.45, 2.75) is 37.6 Å². The molecule has 0 amide bonds. The zero-order valence-corrected chi connectivity index (χ0v) is 16.8. The predicted molar refractivity (Wildman–Crippen MR) is 111 cm³/mol. The molecular weight excluding hydrogens is 388 g/mol. The summed E-state index contributed by atoms with van der Waals surface area (Å²) in [6.45, 7) is 1.98. The number of H-pyrrole nitrogens is 1. The van der Waals surface area contributed by atoms with Gasteiger partial charge in [0.1, 0.15) is 17.2 Å². The average Bonchev–Trinajstić information content (AvgIpc) is 3.59. The van der Waals surface area contributed by atoms with Gasteiger partial charge in [0, 0.05) is 12.0 Å². The normalized spacial score (nSPS) is 18.1. The number of rotatable bonds is 4. The van der Waals surface area contributed by atoms with Crippen molar-refractivity contribution in [2.24, 2.45) is 0 Å². The van der Waals surface area contributed by atoms with Gasteiger partial charge in [0.25, 0.3) is 5.56 Å². The molecule has 1 aliphatic carbocycles. The van der Waals surface area contributed by atoms with Crippen LogP contribution < -0.4 is 10.3 Å². The van der Waals surface area contributed by atoms with Crippen LogP contribution in [0, 0.1) is 11.6 Å². The molecule has 0 spiro atoms. The van der Waals surface area contributed by atoms with Crippen LogP contribution in [0.25, 0.3) is 22.0 Å². The summed E-state index contributed by atoms with van der Waals surface area (Å²) in [4.78, 5) is 22.6. The van der Waals surface area contributed by atoms with Crippen LogP contribution in [0.15, 0.2) is 35.1 Å². The Balaban J connectivity index is 1.48. The van der Waals surface area contributed by atoms with Crippen LogP contribution in [0.1, 0.15) is 37.4 Å². The number of methoxy groups -OCH3 is 1. The highest BCUT2D eigenvalue weighted by Crippen LogP contribution is 2.34. The average molecular weight is 411 g/mol. The molecule has 0 radical (unpaired) electrons. The largest absolute Gasteiger partial charge is 0.494 e. The molecule has 5 rings (SSSR count).